The van der Waals surface area contributed by atoms with Crippen molar-refractivity contribution in [1.82, 2.24) is 9.80 Å². The lowest BCUT2D eigenvalue weighted by Crippen LogP contribution is -2.39. The second-order valence-electron chi connectivity index (χ2n) is 5.38. The van der Waals surface area contributed by atoms with E-state index in [4.69, 9.17) is 5.73 Å². The summed E-state index contributed by atoms with van der Waals surface area (Å²) in [5.41, 5.74) is 5.88. The van der Waals surface area contributed by atoms with Crippen LogP contribution in [0.5, 0.6) is 0 Å². The Labute approximate surface area is 124 Å². The Hall–Kier alpha value is -1.11. The van der Waals surface area contributed by atoms with Crippen LogP contribution in [0.2, 0.25) is 0 Å². The van der Waals surface area contributed by atoms with E-state index < -0.39 is 23.5 Å². The van der Waals surface area contributed by atoms with Gasteiger partial charge in [0.15, 0.2) is 11.6 Å². The van der Waals surface area contributed by atoms with Crippen molar-refractivity contribution in [3.05, 3.63) is 35.1 Å². The van der Waals surface area contributed by atoms with E-state index in [0.717, 1.165) is 19.0 Å². The summed E-state index contributed by atoms with van der Waals surface area (Å²) in [6.07, 6.45) is 0.870. The average molecular weight is 303 g/mol. The molecule has 0 aliphatic heterocycles. The van der Waals surface area contributed by atoms with Crippen LogP contribution >= 0.6 is 0 Å². The fraction of sp³-hybridized carbons (Fsp3) is 0.600. The zero-order chi connectivity index (χ0) is 16.0. The van der Waals surface area contributed by atoms with Crippen molar-refractivity contribution < 1.29 is 13.2 Å². The first kappa shape index (κ1) is 17.9. The van der Waals surface area contributed by atoms with Crippen LogP contribution in [0.25, 0.3) is 0 Å². The van der Waals surface area contributed by atoms with Crippen LogP contribution in [0, 0.1) is 17.5 Å². The minimum absolute atomic E-state index is 0.114. The first-order chi connectivity index (χ1) is 9.90. The molecular weight excluding hydrogens is 279 g/mol. The molecule has 0 saturated heterocycles. The molecule has 0 aliphatic carbocycles. The lowest BCUT2D eigenvalue weighted by molar-refractivity contribution is 0.179. The molecule has 0 bridgehead atoms. The summed E-state index contributed by atoms with van der Waals surface area (Å²) in [5, 5.41) is 0. The van der Waals surface area contributed by atoms with Crippen molar-refractivity contribution in [3.8, 4) is 0 Å². The van der Waals surface area contributed by atoms with E-state index in [1.54, 1.807) is 0 Å². The predicted molar refractivity (Wildman–Crippen MR) is 78.5 cm³/mol. The van der Waals surface area contributed by atoms with Crippen molar-refractivity contribution in [1.29, 1.82) is 0 Å². The molecule has 1 aromatic rings. The van der Waals surface area contributed by atoms with Gasteiger partial charge in [-0.15, -0.1) is 0 Å². The monoisotopic (exact) mass is 303 g/mol. The number of rotatable bonds is 8. The van der Waals surface area contributed by atoms with Crippen LogP contribution in [0.1, 0.15) is 24.9 Å². The molecule has 3 nitrogen and oxygen atoms in total. The third kappa shape index (κ3) is 4.98. The molecule has 21 heavy (non-hydrogen) atoms. The molecule has 2 N–H and O–H groups in total. The Morgan fingerprint density at radius 2 is 1.62 bits per heavy atom. The lowest BCUT2D eigenvalue weighted by Gasteiger charge is -2.32. The van der Waals surface area contributed by atoms with Crippen LogP contribution in [0.3, 0.4) is 0 Å². The summed E-state index contributed by atoms with van der Waals surface area (Å²) in [7, 11) is 3.89. The van der Waals surface area contributed by atoms with E-state index in [9.17, 15) is 13.2 Å². The minimum Gasteiger partial charge on any atom is -0.329 e. The van der Waals surface area contributed by atoms with Crippen molar-refractivity contribution >= 4 is 0 Å². The van der Waals surface area contributed by atoms with Crippen molar-refractivity contribution in [2.75, 3.05) is 40.3 Å². The molecule has 1 rings (SSSR count). The molecular formula is C15H24F3N3. The largest absolute Gasteiger partial charge is 0.329 e. The molecule has 0 amide bonds. The third-order valence-electron chi connectivity index (χ3n) is 3.41. The molecule has 0 fully saturated rings. The minimum atomic E-state index is -1.18. The molecule has 0 aliphatic rings. The fourth-order valence-corrected chi connectivity index (χ4v) is 2.31. The average Bonchev–Trinajstić information content (AvgIpc) is 2.42. The van der Waals surface area contributed by atoms with Crippen LogP contribution < -0.4 is 5.73 Å². The van der Waals surface area contributed by atoms with Gasteiger partial charge in [0.2, 0.25) is 0 Å². The van der Waals surface area contributed by atoms with E-state index in [2.05, 4.69) is 0 Å². The number of hydrogen-bond acceptors (Lipinski definition) is 3. The van der Waals surface area contributed by atoms with Gasteiger partial charge in [-0.25, -0.2) is 13.2 Å². The van der Waals surface area contributed by atoms with E-state index in [-0.39, 0.29) is 12.1 Å². The normalized spacial score (nSPS) is 13.2. The highest BCUT2D eigenvalue weighted by molar-refractivity contribution is 5.24. The van der Waals surface area contributed by atoms with Crippen LogP contribution in [-0.4, -0.2) is 50.1 Å². The molecule has 0 saturated carbocycles. The Morgan fingerprint density at radius 3 is 2.14 bits per heavy atom. The van der Waals surface area contributed by atoms with E-state index >= 15 is 0 Å². The smallest absolute Gasteiger partial charge is 0.161 e. The SMILES string of the molecule is CCCN(CCN(C)C)C(CN)c1cc(F)c(F)cc1F. The Kier molecular flexibility index (Phi) is 7.14. The van der Waals surface area contributed by atoms with Gasteiger partial charge in [0.25, 0.3) is 0 Å². The number of nitrogens with two attached hydrogens (primary N) is 1. The summed E-state index contributed by atoms with van der Waals surface area (Å²) in [6.45, 7) is 4.34. The molecule has 1 atom stereocenters. The second kappa shape index (κ2) is 8.36. The van der Waals surface area contributed by atoms with Gasteiger partial charge in [-0.2, -0.15) is 0 Å². The molecule has 0 radical (unpaired) electrons. The van der Waals surface area contributed by atoms with Gasteiger partial charge < -0.3 is 10.6 Å². The Morgan fingerprint density at radius 1 is 1.00 bits per heavy atom. The fourth-order valence-electron chi connectivity index (χ4n) is 2.31. The van der Waals surface area contributed by atoms with E-state index in [1.165, 1.54) is 0 Å². The quantitative estimate of drug-likeness (QED) is 0.748. The Bertz CT molecular complexity index is 452. The highest BCUT2D eigenvalue weighted by atomic mass is 19.2. The van der Waals surface area contributed by atoms with Crippen molar-refractivity contribution in [2.24, 2.45) is 5.73 Å². The summed E-state index contributed by atoms with van der Waals surface area (Å²) < 4.78 is 40.4. The first-order valence-corrected chi connectivity index (χ1v) is 7.14. The summed E-state index contributed by atoms with van der Waals surface area (Å²) in [6, 6.07) is 1.05. The molecule has 120 valence electrons. The zero-order valence-corrected chi connectivity index (χ0v) is 12.9. The third-order valence-corrected chi connectivity index (χ3v) is 3.41. The predicted octanol–water partition coefficient (Wildman–Crippen LogP) is 2.38. The highest BCUT2D eigenvalue weighted by Gasteiger charge is 2.23. The van der Waals surface area contributed by atoms with Gasteiger partial charge in [-0.3, -0.25) is 4.90 Å². The molecule has 1 aromatic carbocycles. The first-order valence-electron chi connectivity index (χ1n) is 7.14. The van der Waals surface area contributed by atoms with Gasteiger partial charge in [-0.1, -0.05) is 6.92 Å². The highest BCUT2D eigenvalue weighted by Crippen LogP contribution is 2.25. The number of hydrogen-bond donors (Lipinski definition) is 1. The van der Waals surface area contributed by atoms with Crippen LogP contribution in [0.15, 0.2) is 12.1 Å². The van der Waals surface area contributed by atoms with Gasteiger partial charge in [0.1, 0.15) is 5.82 Å². The van der Waals surface area contributed by atoms with Gasteiger partial charge in [0.05, 0.1) is 6.04 Å². The van der Waals surface area contributed by atoms with Gasteiger partial charge in [0, 0.05) is 31.3 Å². The van der Waals surface area contributed by atoms with Crippen molar-refractivity contribution in [2.45, 2.75) is 19.4 Å². The number of likely N-dealkylation sites (N-methyl/N-ethyl adjacent to an activating group) is 1. The maximum Gasteiger partial charge on any atom is 0.161 e. The van der Waals surface area contributed by atoms with E-state index in [1.807, 2.05) is 30.8 Å². The van der Waals surface area contributed by atoms with E-state index in [0.29, 0.717) is 19.2 Å². The van der Waals surface area contributed by atoms with Crippen LogP contribution in [-0.2, 0) is 0 Å². The summed E-state index contributed by atoms with van der Waals surface area (Å²) >= 11 is 0. The number of halogens is 3. The van der Waals surface area contributed by atoms with Gasteiger partial charge in [-0.05, 0) is 33.1 Å². The molecule has 0 spiro atoms. The standard InChI is InChI=1S/C15H24F3N3/c1-4-5-21(7-6-20(2)3)15(10-19)11-8-13(17)14(18)9-12(11)16/h8-9,15H,4-7,10,19H2,1-3H3. The summed E-state index contributed by atoms with van der Waals surface area (Å²) in [5.74, 6) is -2.98. The van der Waals surface area contributed by atoms with Gasteiger partial charge >= 0.3 is 0 Å². The molecule has 1 unspecified atom stereocenters. The molecule has 0 aromatic heterocycles. The number of benzene rings is 1. The Balaban J connectivity index is 3.04. The zero-order valence-electron chi connectivity index (χ0n) is 12.9. The van der Waals surface area contributed by atoms with Crippen molar-refractivity contribution in [3.63, 3.8) is 0 Å². The lowest BCUT2D eigenvalue weighted by atomic mass is 10.0. The second-order valence-corrected chi connectivity index (χ2v) is 5.38. The maximum atomic E-state index is 14.0. The molecule has 0 heterocycles. The topological polar surface area (TPSA) is 32.5 Å². The molecule has 6 heteroatoms. The maximum absolute atomic E-state index is 14.0. The number of nitrogens with zero attached hydrogens (tertiary/aromatic N) is 2. The van der Waals surface area contributed by atoms with Crippen LogP contribution in [0.4, 0.5) is 13.2 Å². The summed E-state index contributed by atoms with van der Waals surface area (Å²) in [4.78, 5) is 4.02.